The number of carbonyl (C=O) groups excluding carboxylic acids is 7. The van der Waals surface area contributed by atoms with Gasteiger partial charge in [-0.1, -0.05) is 0 Å². The number of nitrogens with one attached hydrogen (secondary N) is 7. The van der Waals surface area contributed by atoms with Crippen LogP contribution in [0.3, 0.4) is 0 Å². The van der Waals surface area contributed by atoms with Crippen molar-refractivity contribution in [2.24, 2.45) is 0 Å². The minimum absolute atomic E-state index is 0.673. The summed E-state index contributed by atoms with van der Waals surface area (Å²) >= 11 is 0. The van der Waals surface area contributed by atoms with Gasteiger partial charge in [0.1, 0.15) is 170 Å². The molecule has 0 radical (unpaired) electrons. The smallest absolute Gasteiger partial charge is 0.217 e. The number of aliphatic hydroxyl groups excluding tert-OH is 16. The van der Waals surface area contributed by atoms with E-state index in [9.17, 15) is 115 Å². The van der Waals surface area contributed by atoms with Crippen molar-refractivity contribution >= 4 is 41.4 Å². The summed E-state index contributed by atoms with van der Waals surface area (Å²) in [4.78, 5) is 85.9. The SMILES string of the molecule is CC(=O)N[C@@H]1[C@@H](O)[C@H](O)[C@@H](CO[C@@H]2O[C@H](CO[C@@H]3O[C@H](CO[C@@H]4O[C@H](CO[C@@H]5O[C@H](CO[C@@H]6O[C@H](CO[C@@H]7O[C@H](CO)[C@@H](O)[C@H](O)[C@H]7NC(C)=O)[C@@H](O)[C@H](O)[C@H]6NC(C)=O)[C@@H](O)[C@H](O)[C@H]5NC(C)=O)[C@@H](O)[C@H](O)[C@H]4NC(C)=O)[C@@H](O)[C@H](O)[C@H]3NC(C)=O)[C@@H](O)[C@H](O)[C@H]2NC(C)=O)O[C@H]1O. The van der Waals surface area contributed by atoms with E-state index in [0.29, 0.717) is 0 Å². The third-order valence-corrected chi connectivity index (χ3v) is 17.2. The Bertz CT molecular complexity index is 2690. The second-order valence-electron chi connectivity index (χ2n) is 25.0. The zero-order chi connectivity index (χ0) is 73.3. The monoisotopic (exact) mass is 1440 g/mol. The molecule has 23 N–H and O–H groups in total. The van der Waals surface area contributed by atoms with E-state index in [1.807, 2.05) is 0 Å². The molecule has 0 aromatic heterocycles. The first-order valence-corrected chi connectivity index (χ1v) is 31.5. The van der Waals surface area contributed by atoms with Gasteiger partial charge >= 0.3 is 0 Å². The summed E-state index contributed by atoms with van der Waals surface area (Å²) < 4.78 is 76.2. The van der Waals surface area contributed by atoms with Crippen molar-refractivity contribution in [3.8, 4) is 0 Å². The molecular formula is C56H93N7O36. The van der Waals surface area contributed by atoms with Gasteiger partial charge in [0.15, 0.2) is 44.0 Å². The Kier molecular flexibility index (Phi) is 29.6. The molecule has 7 fully saturated rings. The molecule has 7 saturated heterocycles. The predicted molar refractivity (Wildman–Crippen MR) is 313 cm³/mol. The van der Waals surface area contributed by atoms with Crippen LogP contribution in [0.5, 0.6) is 0 Å². The molecule has 0 aromatic rings. The summed E-state index contributed by atoms with van der Waals surface area (Å²) in [6.45, 7) is 1.83. The van der Waals surface area contributed by atoms with Crippen molar-refractivity contribution in [3.63, 3.8) is 0 Å². The van der Waals surface area contributed by atoms with Crippen LogP contribution in [0, 0.1) is 0 Å². The molecule has 7 rings (SSSR count). The van der Waals surface area contributed by atoms with E-state index in [0.717, 1.165) is 48.5 Å². The van der Waals surface area contributed by atoms with E-state index < -0.39 is 302 Å². The molecule has 7 aliphatic rings. The Hall–Kier alpha value is -4.87. The lowest BCUT2D eigenvalue weighted by atomic mass is 9.95. The van der Waals surface area contributed by atoms with Crippen molar-refractivity contribution < 1.29 is 177 Å². The van der Waals surface area contributed by atoms with Crippen molar-refractivity contribution in [2.45, 2.75) is 263 Å². The third-order valence-electron chi connectivity index (χ3n) is 17.2. The minimum Gasteiger partial charge on any atom is -0.394 e. The van der Waals surface area contributed by atoms with Crippen molar-refractivity contribution in [1.29, 1.82) is 0 Å². The van der Waals surface area contributed by atoms with Crippen LogP contribution in [-0.2, 0) is 95.1 Å². The normalized spacial score (nSPS) is 44.1. The highest BCUT2D eigenvalue weighted by Crippen LogP contribution is 2.33. The fraction of sp³-hybridized carbons (Fsp3) is 0.875. The van der Waals surface area contributed by atoms with Gasteiger partial charge in [0.2, 0.25) is 41.4 Å². The molecule has 0 aromatic carbocycles. The van der Waals surface area contributed by atoms with Crippen LogP contribution in [-0.4, -0.2) is 384 Å². The van der Waals surface area contributed by atoms with Gasteiger partial charge in [0, 0.05) is 48.5 Å². The van der Waals surface area contributed by atoms with Crippen LogP contribution in [0.1, 0.15) is 48.5 Å². The van der Waals surface area contributed by atoms with Crippen molar-refractivity contribution in [1.82, 2.24) is 37.2 Å². The Labute approximate surface area is 563 Å². The van der Waals surface area contributed by atoms with Gasteiger partial charge in [-0.05, 0) is 0 Å². The average Bonchev–Trinajstić information content (AvgIpc) is 0.803. The van der Waals surface area contributed by atoms with Crippen LogP contribution < -0.4 is 37.2 Å². The Morgan fingerprint density at radius 3 is 0.576 bits per heavy atom. The molecule has 7 amide bonds. The van der Waals surface area contributed by atoms with Gasteiger partial charge in [-0.15, -0.1) is 0 Å². The van der Waals surface area contributed by atoms with Crippen LogP contribution >= 0.6 is 0 Å². The first-order valence-electron chi connectivity index (χ1n) is 31.5. The average molecular weight is 1440 g/mol. The summed E-state index contributed by atoms with van der Waals surface area (Å²) in [5, 5.41) is 193. The fourth-order valence-electron chi connectivity index (χ4n) is 12.2. The zero-order valence-corrected chi connectivity index (χ0v) is 54.5. The topological polar surface area (TPSA) is 647 Å². The van der Waals surface area contributed by atoms with E-state index in [1.165, 1.54) is 0 Å². The zero-order valence-electron chi connectivity index (χ0n) is 54.5. The number of hydrogen-bond donors (Lipinski definition) is 23. The van der Waals surface area contributed by atoms with Gasteiger partial charge in [0.25, 0.3) is 0 Å². The highest BCUT2D eigenvalue weighted by molar-refractivity contribution is 5.75. The first kappa shape index (κ1) is 81.4. The minimum atomic E-state index is -1.99. The van der Waals surface area contributed by atoms with Gasteiger partial charge < -0.3 is 181 Å². The molecule has 43 heteroatoms. The number of ether oxygens (including phenoxy) is 13. The van der Waals surface area contributed by atoms with Gasteiger partial charge in [-0.2, -0.15) is 0 Å². The van der Waals surface area contributed by atoms with Crippen LogP contribution in [0.2, 0.25) is 0 Å². The highest BCUT2D eigenvalue weighted by atomic mass is 16.8. The quantitative estimate of drug-likeness (QED) is 0.0382. The predicted octanol–water partition coefficient (Wildman–Crippen LogP) is -15.3. The Balaban J connectivity index is 1.03. The number of hydrogen-bond acceptors (Lipinski definition) is 36. The number of rotatable bonds is 26. The van der Waals surface area contributed by atoms with E-state index in [4.69, 9.17) is 61.6 Å². The lowest BCUT2D eigenvalue weighted by Crippen LogP contribution is -2.68. The number of amides is 7. The van der Waals surface area contributed by atoms with Gasteiger partial charge in [-0.3, -0.25) is 33.6 Å². The van der Waals surface area contributed by atoms with E-state index in [-0.39, 0.29) is 0 Å². The molecule has 99 heavy (non-hydrogen) atoms. The molecular weight excluding hydrogens is 1350 g/mol. The first-order chi connectivity index (χ1) is 46.5. The maximum Gasteiger partial charge on any atom is 0.217 e. The lowest BCUT2D eigenvalue weighted by molar-refractivity contribution is -0.328. The molecule has 0 unspecified atom stereocenters. The maximum absolute atomic E-state index is 12.6. The largest absolute Gasteiger partial charge is 0.394 e. The maximum atomic E-state index is 12.6. The van der Waals surface area contributed by atoms with Crippen molar-refractivity contribution in [3.05, 3.63) is 0 Å². The summed E-state index contributed by atoms with van der Waals surface area (Å²) in [6, 6.07) is -10.9. The molecule has 35 atom stereocenters. The highest BCUT2D eigenvalue weighted by Gasteiger charge is 2.55. The molecule has 7 aliphatic heterocycles. The standard InChI is InChI=1S/C56H93N7O36/c1-15(65)57-29-43(79)37(73)23(93-50(29)86)9-87-52-31(59-17(3)67)45(81)39(75)25(95-52)11-89-54-33(61-19(5)69)47(83)41(77)27(97-54)13-91-56-35(63-21(7)71)49(85)42(78)28(99-56)14-92-55-34(62-20(6)70)48(84)40(76)26(98-55)12-90-53-32(60-18(4)68)46(82)38(74)24(96-53)10-88-51-30(58-16(2)66)44(80)36(72)22(8-64)94-51/h22-56,64,72-86H,8-14H2,1-7H3,(H,57,65)(H,58,66)(H,59,67)(H,60,68)(H,61,69)(H,62,70)(H,63,71)/t22-,23-,24-,25-,26-,27-,28-,29-,30-,31-,32-,33-,34-,35-,36-,37-,38-,39-,40-,41-,42-,43-,44-,45-,46-,47-,48-,49-,50-,51-,52-,53-,54-,55-,56-/m1/s1. The number of carbonyl (C=O) groups is 7. The fourth-order valence-corrected chi connectivity index (χ4v) is 12.2. The Morgan fingerprint density at radius 2 is 0.394 bits per heavy atom. The molecule has 7 heterocycles. The molecule has 0 saturated carbocycles. The Morgan fingerprint density at radius 1 is 0.242 bits per heavy atom. The number of aliphatic hydroxyl groups is 16. The molecule has 0 aliphatic carbocycles. The van der Waals surface area contributed by atoms with E-state index in [1.54, 1.807) is 0 Å². The molecule has 43 nitrogen and oxygen atoms in total. The van der Waals surface area contributed by atoms with Crippen molar-refractivity contribution in [2.75, 3.05) is 46.2 Å². The summed E-state index contributed by atoms with van der Waals surface area (Å²) in [5.41, 5.74) is 0. The summed E-state index contributed by atoms with van der Waals surface area (Å²) in [7, 11) is 0. The lowest BCUT2D eigenvalue weighted by Gasteiger charge is -2.47. The third kappa shape index (κ3) is 20.3. The second-order valence-corrected chi connectivity index (χ2v) is 25.0. The molecule has 568 valence electrons. The molecule has 0 spiro atoms. The molecule has 0 bridgehead atoms. The summed E-state index contributed by atoms with van der Waals surface area (Å²) in [6.07, 6.45) is -50.2. The summed E-state index contributed by atoms with van der Waals surface area (Å²) in [5.74, 6) is -5.24. The van der Waals surface area contributed by atoms with Crippen LogP contribution in [0.25, 0.3) is 0 Å². The van der Waals surface area contributed by atoms with E-state index >= 15 is 0 Å². The van der Waals surface area contributed by atoms with E-state index in [2.05, 4.69) is 37.2 Å². The van der Waals surface area contributed by atoms with Gasteiger partial charge in [-0.25, -0.2) is 0 Å². The van der Waals surface area contributed by atoms with Crippen LogP contribution in [0.4, 0.5) is 0 Å². The second kappa shape index (κ2) is 36.0. The van der Waals surface area contributed by atoms with Crippen LogP contribution in [0.15, 0.2) is 0 Å². The van der Waals surface area contributed by atoms with Gasteiger partial charge in [0.05, 0.1) is 46.2 Å².